The number of nitrogens with zero attached hydrogens (tertiary/aromatic N) is 5. The Morgan fingerprint density at radius 1 is 1.32 bits per heavy atom. The van der Waals surface area contributed by atoms with Crippen molar-refractivity contribution in [3.05, 3.63) is 28.7 Å². The minimum Gasteiger partial charge on any atom is -0.362 e. The van der Waals surface area contributed by atoms with E-state index < -0.39 is 24.2 Å². The standard InChI is InChI=1S/C16H15BrF3N5O2S/c1-9-7-15(27,16(18,19)20)25(23-9)12(26)8-28-14-22-21-13(24(14)2)10-3-5-11(17)6-4-10/h3-6,27H,7-8H2,1-2H3/t15-/m0/s1. The maximum atomic E-state index is 13.2. The van der Waals surface area contributed by atoms with Gasteiger partial charge in [0.15, 0.2) is 11.0 Å². The van der Waals surface area contributed by atoms with Crippen molar-refractivity contribution in [2.45, 2.75) is 30.4 Å². The fourth-order valence-electron chi connectivity index (χ4n) is 2.68. The van der Waals surface area contributed by atoms with Crippen LogP contribution in [0, 0.1) is 0 Å². The van der Waals surface area contributed by atoms with Gasteiger partial charge in [-0.2, -0.15) is 23.3 Å². The number of hydrogen-bond acceptors (Lipinski definition) is 6. The second-order valence-corrected chi connectivity index (χ2v) is 8.05. The number of aromatic nitrogens is 3. The van der Waals surface area contributed by atoms with Gasteiger partial charge in [-0.05, 0) is 19.1 Å². The maximum Gasteiger partial charge on any atom is 0.438 e. The third-order valence-electron chi connectivity index (χ3n) is 4.08. The zero-order chi connectivity index (χ0) is 20.7. The summed E-state index contributed by atoms with van der Waals surface area (Å²) in [7, 11) is 1.69. The van der Waals surface area contributed by atoms with Crippen molar-refractivity contribution in [2.24, 2.45) is 12.1 Å². The molecule has 28 heavy (non-hydrogen) atoms. The Bertz CT molecular complexity index is 931. The highest BCUT2D eigenvalue weighted by Gasteiger charge is 2.62. The van der Waals surface area contributed by atoms with Crippen LogP contribution in [-0.2, 0) is 11.8 Å². The molecule has 1 aliphatic rings. The highest BCUT2D eigenvalue weighted by molar-refractivity contribution is 9.10. The average molecular weight is 478 g/mol. The summed E-state index contributed by atoms with van der Waals surface area (Å²) >= 11 is 4.26. The first-order chi connectivity index (χ1) is 13.0. The van der Waals surface area contributed by atoms with E-state index >= 15 is 0 Å². The van der Waals surface area contributed by atoms with Gasteiger partial charge >= 0.3 is 6.18 Å². The van der Waals surface area contributed by atoms with Crippen molar-refractivity contribution in [2.75, 3.05) is 5.75 Å². The van der Waals surface area contributed by atoms with E-state index in [2.05, 4.69) is 31.2 Å². The van der Waals surface area contributed by atoms with Crippen LogP contribution in [0.3, 0.4) is 0 Å². The van der Waals surface area contributed by atoms with Gasteiger partial charge in [0.1, 0.15) is 0 Å². The number of benzene rings is 1. The number of carbonyl (C=O) groups excluding carboxylic acids is 1. The molecule has 2 heterocycles. The lowest BCUT2D eigenvalue weighted by atomic mass is 10.1. The Morgan fingerprint density at radius 3 is 2.57 bits per heavy atom. The zero-order valence-electron chi connectivity index (χ0n) is 14.7. The Labute approximate surface area is 170 Å². The van der Waals surface area contributed by atoms with Crippen LogP contribution >= 0.6 is 27.7 Å². The molecule has 0 saturated carbocycles. The molecule has 1 N–H and O–H groups in total. The molecule has 1 aromatic carbocycles. The molecule has 1 aromatic heterocycles. The molecule has 2 aromatic rings. The summed E-state index contributed by atoms with van der Waals surface area (Å²) in [6.45, 7) is 1.32. The number of thioether (sulfide) groups is 1. The summed E-state index contributed by atoms with van der Waals surface area (Å²) in [5.74, 6) is -0.819. The highest BCUT2D eigenvalue weighted by Crippen LogP contribution is 2.40. The van der Waals surface area contributed by atoms with Gasteiger partial charge in [0.25, 0.3) is 11.6 Å². The molecule has 0 fully saturated rings. The zero-order valence-corrected chi connectivity index (χ0v) is 17.1. The minimum absolute atomic E-state index is 0.0226. The predicted molar refractivity (Wildman–Crippen MR) is 100 cm³/mol. The first kappa shape index (κ1) is 20.8. The second-order valence-electron chi connectivity index (χ2n) is 6.19. The third-order valence-corrected chi connectivity index (χ3v) is 5.61. The number of rotatable bonds is 4. The van der Waals surface area contributed by atoms with Crippen molar-refractivity contribution >= 4 is 39.3 Å². The van der Waals surface area contributed by atoms with E-state index in [9.17, 15) is 23.1 Å². The number of carbonyl (C=O) groups is 1. The van der Waals surface area contributed by atoms with Gasteiger partial charge in [-0.1, -0.05) is 39.8 Å². The number of hydrogen-bond donors (Lipinski definition) is 1. The second kappa shape index (κ2) is 7.48. The molecular weight excluding hydrogens is 463 g/mol. The van der Waals surface area contributed by atoms with Crippen LogP contribution in [0.15, 0.2) is 39.0 Å². The molecule has 1 atom stereocenters. The smallest absolute Gasteiger partial charge is 0.362 e. The van der Waals surface area contributed by atoms with Crippen LogP contribution in [0.5, 0.6) is 0 Å². The Hall–Kier alpha value is -1.92. The molecule has 3 rings (SSSR count). The first-order valence-corrected chi connectivity index (χ1v) is 9.75. The fraction of sp³-hybridized carbons (Fsp3) is 0.375. The van der Waals surface area contributed by atoms with E-state index in [0.29, 0.717) is 11.0 Å². The quantitative estimate of drug-likeness (QED) is 0.683. The largest absolute Gasteiger partial charge is 0.438 e. The van der Waals surface area contributed by atoms with Crippen molar-refractivity contribution in [3.63, 3.8) is 0 Å². The lowest BCUT2D eigenvalue weighted by Gasteiger charge is -2.32. The number of aliphatic hydroxyl groups is 1. The number of halogens is 4. The van der Waals surface area contributed by atoms with E-state index in [1.54, 1.807) is 11.6 Å². The number of alkyl halides is 3. The molecule has 0 unspecified atom stereocenters. The van der Waals surface area contributed by atoms with Gasteiger partial charge in [-0.3, -0.25) is 4.79 Å². The van der Waals surface area contributed by atoms with Crippen LogP contribution in [-0.4, -0.2) is 54.2 Å². The SMILES string of the molecule is CC1=NN(C(=O)CSc2nnc(-c3ccc(Br)cc3)n2C)[C@@](O)(C(F)(F)F)C1. The first-order valence-electron chi connectivity index (χ1n) is 7.97. The van der Waals surface area contributed by atoms with E-state index in [-0.39, 0.29) is 16.5 Å². The van der Waals surface area contributed by atoms with Gasteiger partial charge in [-0.25, -0.2) is 0 Å². The van der Waals surface area contributed by atoms with Crippen LogP contribution in [0.4, 0.5) is 13.2 Å². The highest BCUT2D eigenvalue weighted by atomic mass is 79.9. The molecule has 12 heteroatoms. The Kier molecular flexibility index (Phi) is 5.56. The van der Waals surface area contributed by atoms with E-state index in [0.717, 1.165) is 21.8 Å². The summed E-state index contributed by atoms with van der Waals surface area (Å²) in [6.07, 6.45) is -5.79. The van der Waals surface area contributed by atoms with E-state index in [1.165, 1.54) is 6.92 Å². The van der Waals surface area contributed by atoms with Crippen LogP contribution in [0.25, 0.3) is 11.4 Å². The monoisotopic (exact) mass is 477 g/mol. The van der Waals surface area contributed by atoms with E-state index in [4.69, 9.17) is 0 Å². The van der Waals surface area contributed by atoms with Crippen LogP contribution in [0.1, 0.15) is 13.3 Å². The molecule has 1 aliphatic heterocycles. The summed E-state index contributed by atoms with van der Waals surface area (Å²) in [5, 5.41) is 22.1. The van der Waals surface area contributed by atoms with Gasteiger partial charge in [-0.15, -0.1) is 10.2 Å². The lowest BCUT2D eigenvalue weighted by molar-refractivity contribution is -0.301. The predicted octanol–water partition coefficient (Wildman–Crippen LogP) is 3.20. The third kappa shape index (κ3) is 3.80. The summed E-state index contributed by atoms with van der Waals surface area (Å²) in [4.78, 5) is 12.3. The Balaban J connectivity index is 1.74. The molecule has 0 aliphatic carbocycles. The van der Waals surface area contributed by atoms with Crippen LogP contribution in [0.2, 0.25) is 0 Å². The van der Waals surface area contributed by atoms with E-state index in [1.807, 2.05) is 24.3 Å². The van der Waals surface area contributed by atoms with Gasteiger partial charge in [0.05, 0.1) is 5.75 Å². The molecule has 0 saturated heterocycles. The Morgan fingerprint density at radius 2 is 1.96 bits per heavy atom. The van der Waals surface area contributed by atoms with Crippen molar-refractivity contribution in [1.82, 2.24) is 19.8 Å². The number of amides is 1. The summed E-state index contributed by atoms with van der Waals surface area (Å²) < 4.78 is 42.2. The average Bonchev–Trinajstić information content (AvgIpc) is 3.13. The molecule has 0 bridgehead atoms. The number of hydrazone groups is 1. The van der Waals surface area contributed by atoms with Gasteiger partial charge < -0.3 is 9.67 Å². The molecule has 7 nitrogen and oxygen atoms in total. The topological polar surface area (TPSA) is 83.6 Å². The van der Waals surface area contributed by atoms with Crippen molar-refractivity contribution in [3.8, 4) is 11.4 Å². The normalized spacial score (nSPS) is 19.8. The maximum absolute atomic E-state index is 13.2. The molecule has 150 valence electrons. The molecular formula is C16H15BrF3N5O2S. The van der Waals surface area contributed by atoms with Gasteiger partial charge in [0, 0.05) is 29.2 Å². The summed E-state index contributed by atoms with van der Waals surface area (Å²) in [5.41, 5.74) is -2.51. The molecule has 0 spiro atoms. The minimum atomic E-state index is -5.02. The summed E-state index contributed by atoms with van der Waals surface area (Å²) in [6, 6.07) is 7.34. The van der Waals surface area contributed by atoms with Crippen LogP contribution < -0.4 is 0 Å². The van der Waals surface area contributed by atoms with Crippen molar-refractivity contribution < 1.29 is 23.1 Å². The van der Waals surface area contributed by atoms with Crippen molar-refractivity contribution in [1.29, 1.82) is 0 Å². The molecule has 1 amide bonds. The molecule has 0 radical (unpaired) electrons. The fourth-order valence-corrected chi connectivity index (χ4v) is 3.70. The van der Waals surface area contributed by atoms with Gasteiger partial charge in [0.2, 0.25) is 0 Å². The lowest BCUT2D eigenvalue weighted by Crippen LogP contribution is -2.57.